The second-order valence-electron chi connectivity index (χ2n) is 6.67. The molecule has 8 nitrogen and oxygen atoms in total. The van der Waals surface area contributed by atoms with Gasteiger partial charge < -0.3 is 10.1 Å². The maximum absolute atomic E-state index is 12.9. The Hall–Kier alpha value is -2.88. The molecule has 0 aliphatic carbocycles. The van der Waals surface area contributed by atoms with E-state index >= 15 is 0 Å². The highest BCUT2D eigenvalue weighted by molar-refractivity contribution is 7.93. The lowest BCUT2D eigenvalue weighted by atomic mass is 10.1. The van der Waals surface area contributed by atoms with Gasteiger partial charge in [0.05, 0.1) is 22.0 Å². The molecule has 1 amide bonds. The predicted octanol–water partition coefficient (Wildman–Crippen LogP) is 4.37. The fraction of sp³-hybridized carbons (Fsp3) is 0.150. The molecule has 11 heteroatoms. The summed E-state index contributed by atoms with van der Waals surface area (Å²) < 4.78 is 31.2. The van der Waals surface area contributed by atoms with Crippen molar-refractivity contribution in [2.75, 3.05) is 21.9 Å². The molecule has 4 rings (SSSR count). The second kappa shape index (κ2) is 8.70. The van der Waals surface area contributed by atoms with Crippen molar-refractivity contribution in [3.63, 3.8) is 0 Å². The quantitative estimate of drug-likeness (QED) is 0.583. The van der Waals surface area contributed by atoms with E-state index in [4.69, 9.17) is 27.9 Å². The van der Waals surface area contributed by atoms with Gasteiger partial charge in [-0.25, -0.2) is 18.4 Å². The van der Waals surface area contributed by atoms with Crippen LogP contribution >= 0.6 is 23.2 Å². The lowest BCUT2D eigenvalue weighted by Crippen LogP contribution is -2.25. The predicted molar refractivity (Wildman–Crippen MR) is 119 cm³/mol. The number of aromatic nitrogens is 2. The second-order valence-corrected chi connectivity index (χ2v) is 9.53. The molecule has 1 N–H and O–H groups in total. The topological polar surface area (TPSA) is 101 Å². The highest BCUT2D eigenvalue weighted by Gasteiger charge is 2.29. The van der Waals surface area contributed by atoms with Crippen molar-refractivity contribution < 1.29 is 17.9 Å². The lowest BCUT2D eigenvalue weighted by molar-refractivity contribution is 0.102. The van der Waals surface area contributed by atoms with E-state index in [9.17, 15) is 13.2 Å². The van der Waals surface area contributed by atoms with Crippen LogP contribution in [0.5, 0.6) is 11.8 Å². The first-order chi connectivity index (χ1) is 14.8. The van der Waals surface area contributed by atoms with Crippen LogP contribution in [0.2, 0.25) is 10.0 Å². The molecule has 0 saturated carbocycles. The molecule has 0 unspecified atom stereocenters. The molecule has 1 aliphatic heterocycles. The number of halogens is 2. The van der Waals surface area contributed by atoms with Crippen LogP contribution in [0.1, 0.15) is 16.8 Å². The number of hydrogen-bond donors (Lipinski definition) is 1. The third-order valence-electron chi connectivity index (χ3n) is 4.46. The summed E-state index contributed by atoms with van der Waals surface area (Å²) in [6, 6.07) is 11.0. The van der Waals surface area contributed by atoms with Crippen LogP contribution in [0, 0.1) is 0 Å². The summed E-state index contributed by atoms with van der Waals surface area (Å²) in [7, 11) is -3.38. The molecule has 160 valence electrons. The number of ether oxygens (including phenoxy) is 1. The van der Waals surface area contributed by atoms with E-state index in [0.29, 0.717) is 35.1 Å². The molecule has 2 heterocycles. The maximum Gasteiger partial charge on any atom is 0.321 e. The van der Waals surface area contributed by atoms with E-state index in [-0.39, 0.29) is 22.3 Å². The molecule has 0 atom stereocenters. The largest absolute Gasteiger partial charge is 0.424 e. The van der Waals surface area contributed by atoms with Crippen LogP contribution in [-0.2, 0) is 10.0 Å². The summed E-state index contributed by atoms with van der Waals surface area (Å²) in [5.74, 6) is -0.113. The van der Waals surface area contributed by atoms with Gasteiger partial charge >= 0.3 is 6.01 Å². The molecule has 0 spiro atoms. The Morgan fingerprint density at radius 2 is 1.87 bits per heavy atom. The molecule has 31 heavy (non-hydrogen) atoms. The van der Waals surface area contributed by atoms with E-state index in [1.807, 2.05) is 0 Å². The van der Waals surface area contributed by atoms with Crippen molar-refractivity contribution in [2.45, 2.75) is 6.42 Å². The van der Waals surface area contributed by atoms with Crippen LogP contribution in [0.25, 0.3) is 0 Å². The van der Waals surface area contributed by atoms with Gasteiger partial charge in [-0.1, -0.05) is 23.2 Å². The van der Waals surface area contributed by atoms with E-state index in [0.717, 1.165) is 0 Å². The molecule has 2 aromatic carbocycles. The normalized spacial score (nSPS) is 15.0. The van der Waals surface area contributed by atoms with E-state index < -0.39 is 15.9 Å². The number of carbonyl (C=O) groups is 1. The number of amides is 1. The molecule has 3 aromatic rings. The minimum Gasteiger partial charge on any atom is -0.424 e. The third kappa shape index (κ3) is 4.90. The number of nitrogens with one attached hydrogen (secondary N) is 1. The van der Waals surface area contributed by atoms with E-state index in [1.54, 1.807) is 30.3 Å². The third-order valence-corrected chi connectivity index (χ3v) is 6.88. The maximum atomic E-state index is 12.9. The van der Waals surface area contributed by atoms with Gasteiger partial charge in [-0.3, -0.25) is 9.10 Å². The summed E-state index contributed by atoms with van der Waals surface area (Å²) in [5.41, 5.74) is 0.886. The molecule has 0 radical (unpaired) electrons. The average molecular weight is 479 g/mol. The number of rotatable bonds is 5. The lowest BCUT2D eigenvalue weighted by Gasteiger charge is -2.18. The Balaban J connectivity index is 1.58. The Bertz CT molecular complexity index is 1240. The molecule has 1 saturated heterocycles. The zero-order chi connectivity index (χ0) is 22.0. The Morgan fingerprint density at radius 1 is 1.10 bits per heavy atom. The van der Waals surface area contributed by atoms with E-state index in [1.165, 1.54) is 28.8 Å². The number of anilines is 2. The smallest absolute Gasteiger partial charge is 0.321 e. The Kier molecular flexibility index (Phi) is 5.99. The van der Waals surface area contributed by atoms with Gasteiger partial charge in [0.15, 0.2) is 0 Å². The summed E-state index contributed by atoms with van der Waals surface area (Å²) in [6.45, 7) is 0.363. The van der Waals surface area contributed by atoms with Crippen LogP contribution in [0.3, 0.4) is 0 Å². The molecule has 1 aliphatic rings. The zero-order valence-corrected chi connectivity index (χ0v) is 18.3. The summed E-state index contributed by atoms with van der Waals surface area (Å²) in [4.78, 5) is 20.8. The van der Waals surface area contributed by atoms with Crippen LogP contribution < -0.4 is 14.4 Å². The monoisotopic (exact) mass is 478 g/mol. The SMILES string of the molecule is O=C(Nc1cc(Cl)cc(Oc2ncccn2)c1)c1cc(N2CCCS2(=O)=O)ccc1Cl. The highest BCUT2D eigenvalue weighted by Crippen LogP contribution is 2.30. The number of carbonyl (C=O) groups excluding carboxylic acids is 1. The van der Waals surface area contributed by atoms with Crippen molar-refractivity contribution in [3.05, 3.63) is 70.5 Å². The number of benzene rings is 2. The average Bonchev–Trinajstić information content (AvgIpc) is 3.07. The fourth-order valence-electron chi connectivity index (χ4n) is 3.11. The Morgan fingerprint density at radius 3 is 2.58 bits per heavy atom. The summed E-state index contributed by atoms with van der Waals surface area (Å²) >= 11 is 12.4. The van der Waals surface area contributed by atoms with Gasteiger partial charge in [0.2, 0.25) is 10.0 Å². The van der Waals surface area contributed by atoms with Crippen molar-refractivity contribution in [2.24, 2.45) is 0 Å². The molecular formula is C20H16Cl2N4O4S. The van der Waals surface area contributed by atoms with Gasteiger partial charge in [0, 0.05) is 35.7 Å². The van der Waals surface area contributed by atoms with Gasteiger partial charge in [-0.2, -0.15) is 0 Å². The standard InChI is InChI=1S/C20H16Cl2N4O4S/c21-13-9-14(11-16(10-13)30-20-23-5-1-6-24-20)25-19(27)17-12-15(3-4-18(17)22)26-7-2-8-31(26,28)29/h1,3-6,9-12H,2,7-8H2,(H,25,27). The minimum atomic E-state index is -3.38. The highest BCUT2D eigenvalue weighted by atomic mass is 35.5. The number of nitrogens with zero attached hydrogens (tertiary/aromatic N) is 3. The summed E-state index contributed by atoms with van der Waals surface area (Å²) in [5, 5.41) is 3.22. The Labute approximate surface area is 188 Å². The number of hydrogen-bond acceptors (Lipinski definition) is 6. The zero-order valence-electron chi connectivity index (χ0n) is 16.0. The summed E-state index contributed by atoms with van der Waals surface area (Å²) in [6.07, 6.45) is 3.60. The molecular weight excluding hydrogens is 463 g/mol. The van der Waals surface area contributed by atoms with Gasteiger partial charge in [-0.05, 0) is 42.8 Å². The van der Waals surface area contributed by atoms with Gasteiger partial charge in [0.25, 0.3) is 5.91 Å². The molecule has 1 fully saturated rings. The van der Waals surface area contributed by atoms with Crippen LogP contribution in [0.15, 0.2) is 54.9 Å². The van der Waals surface area contributed by atoms with Crippen molar-refractivity contribution in [1.29, 1.82) is 0 Å². The first-order valence-electron chi connectivity index (χ1n) is 9.19. The van der Waals surface area contributed by atoms with Crippen LogP contribution in [0.4, 0.5) is 11.4 Å². The van der Waals surface area contributed by atoms with Crippen LogP contribution in [-0.4, -0.2) is 36.6 Å². The molecule has 1 aromatic heterocycles. The fourth-order valence-corrected chi connectivity index (χ4v) is 5.09. The molecule has 0 bridgehead atoms. The van der Waals surface area contributed by atoms with Crippen molar-refractivity contribution in [3.8, 4) is 11.8 Å². The van der Waals surface area contributed by atoms with Gasteiger partial charge in [0.1, 0.15) is 5.75 Å². The van der Waals surface area contributed by atoms with Gasteiger partial charge in [-0.15, -0.1) is 0 Å². The first-order valence-corrected chi connectivity index (χ1v) is 11.6. The van der Waals surface area contributed by atoms with Crippen molar-refractivity contribution >= 4 is 50.5 Å². The van der Waals surface area contributed by atoms with Crippen molar-refractivity contribution in [1.82, 2.24) is 9.97 Å². The first kappa shape index (κ1) is 21.4. The number of sulfonamides is 1. The minimum absolute atomic E-state index is 0.0770. The van der Waals surface area contributed by atoms with E-state index in [2.05, 4.69) is 15.3 Å².